The molecule has 3 aromatic rings. The van der Waals surface area contributed by atoms with Gasteiger partial charge in [0.2, 0.25) is 0 Å². The molecule has 0 bridgehead atoms. The topological polar surface area (TPSA) is 76.1 Å². The first-order valence-electron chi connectivity index (χ1n) is 7.72. The number of nitrogens with one attached hydrogen (secondary N) is 1. The van der Waals surface area contributed by atoms with E-state index in [-0.39, 0.29) is 10.8 Å². The lowest BCUT2D eigenvalue weighted by Gasteiger charge is -2.04. The summed E-state index contributed by atoms with van der Waals surface area (Å²) in [5, 5.41) is 4.37. The molecule has 27 heavy (non-hydrogen) atoms. The van der Waals surface area contributed by atoms with E-state index in [1.54, 1.807) is 24.4 Å². The van der Waals surface area contributed by atoms with E-state index in [2.05, 4.69) is 10.3 Å². The van der Waals surface area contributed by atoms with Crippen LogP contribution in [-0.4, -0.2) is 25.6 Å². The van der Waals surface area contributed by atoms with E-state index in [1.807, 2.05) is 0 Å². The van der Waals surface area contributed by atoms with Crippen LogP contribution in [0.4, 0.5) is 5.13 Å². The summed E-state index contributed by atoms with van der Waals surface area (Å²) < 4.78 is 23.0. The normalized spacial score (nSPS) is 11.4. The van der Waals surface area contributed by atoms with Gasteiger partial charge in [-0.3, -0.25) is 10.1 Å². The number of halogens is 2. The van der Waals surface area contributed by atoms with Gasteiger partial charge < -0.3 is 0 Å². The summed E-state index contributed by atoms with van der Waals surface area (Å²) >= 11 is 13.5. The number of hydrogen-bond donors (Lipinski definition) is 1. The fraction of sp³-hybridized carbons (Fsp3) is 0.111. The van der Waals surface area contributed by atoms with Crippen LogP contribution < -0.4 is 5.32 Å². The van der Waals surface area contributed by atoms with Gasteiger partial charge in [-0.05, 0) is 48.0 Å². The minimum Gasteiger partial charge on any atom is -0.298 e. The fourth-order valence-corrected chi connectivity index (χ4v) is 4.18. The van der Waals surface area contributed by atoms with Crippen LogP contribution in [-0.2, 0) is 16.3 Å². The summed E-state index contributed by atoms with van der Waals surface area (Å²) in [4.78, 5) is 17.6. The Morgan fingerprint density at radius 1 is 1.15 bits per heavy atom. The number of hydrogen-bond acceptors (Lipinski definition) is 5. The molecule has 0 atom stereocenters. The zero-order chi connectivity index (χ0) is 19.6. The highest BCUT2D eigenvalue weighted by molar-refractivity contribution is 7.90. The second-order valence-corrected chi connectivity index (χ2v) is 9.77. The minimum atomic E-state index is -3.30. The number of aromatic nitrogens is 1. The van der Waals surface area contributed by atoms with Crippen LogP contribution in [0.5, 0.6) is 0 Å². The van der Waals surface area contributed by atoms with E-state index < -0.39 is 9.84 Å². The van der Waals surface area contributed by atoms with Crippen molar-refractivity contribution in [3.8, 4) is 0 Å². The molecule has 0 saturated carbocycles. The van der Waals surface area contributed by atoms with Gasteiger partial charge in [0, 0.05) is 39.4 Å². The van der Waals surface area contributed by atoms with Crippen molar-refractivity contribution in [3.63, 3.8) is 0 Å². The molecule has 0 aliphatic carbocycles. The average Bonchev–Trinajstić information content (AvgIpc) is 3.04. The minimum absolute atomic E-state index is 0.161. The highest BCUT2D eigenvalue weighted by Gasteiger charge is 2.12. The van der Waals surface area contributed by atoms with Crippen LogP contribution >= 0.6 is 34.5 Å². The van der Waals surface area contributed by atoms with E-state index in [0.29, 0.717) is 27.2 Å². The lowest BCUT2D eigenvalue weighted by molar-refractivity contribution is 0.102. The maximum Gasteiger partial charge on any atom is 0.257 e. The van der Waals surface area contributed by atoms with E-state index in [1.165, 1.54) is 35.6 Å². The maximum atomic E-state index is 12.3. The third-order valence-electron chi connectivity index (χ3n) is 3.69. The van der Waals surface area contributed by atoms with Gasteiger partial charge in [-0.25, -0.2) is 13.4 Å². The Hall–Kier alpha value is -1.93. The van der Waals surface area contributed by atoms with Crippen LogP contribution in [0.15, 0.2) is 53.6 Å². The van der Waals surface area contributed by atoms with Gasteiger partial charge >= 0.3 is 0 Å². The van der Waals surface area contributed by atoms with Crippen molar-refractivity contribution in [2.75, 3.05) is 11.6 Å². The number of anilines is 1. The summed E-state index contributed by atoms with van der Waals surface area (Å²) in [5.41, 5.74) is 1.22. The average molecular weight is 441 g/mol. The second-order valence-electron chi connectivity index (χ2n) is 5.79. The summed E-state index contributed by atoms with van der Waals surface area (Å²) in [6.07, 6.45) is 3.34. The zero-order valence-electron chi connectivity index (χ0n) is 14.1. The van der Waals surface area contributed by atoms with Crippen molar-refractivity contribution in [2.24, 2.45) is 0 Å². The molecule has 0 aliphatic rings. The first-order chi connectivity index (χ1) is 12.7. The predicted octanol–water partition coefficient (Wildman–Crippen LogP) is 4.70. The lowest BCUT2D eigenvalue weighted by Crippen LogP contribution is -2.11. The quantitative estimate of drug-likeness (QED) is 0.623. The molecule has 1 aromatic heterocycles. The molecule has 5 nitrogen and oxygen atoms in total. The first-order valence-corrected chi connectivity index (χ1v) is 11.2. The Bertz CT molecular complexity index is 1090. The number of carbonyl (C=O) groups is 1. The van der Waals surface area contributed by atoms with Crippen LogP contribution in [0.2, 0.25) is 10.0 Å². The molecule has 0 saturated heterocycles. The van der Waals surface area contributed by atoms with Crippen LogP contribution in [0.1, 0.15) is 20.8 Å². The van der Waals surface area contributed by atoms with Crippen LogP contribution in [0.25, 0.3) is 0 Å². The standard InChI is InChI=1S/C18H14Cl2N2O3S2/c1-27(24,25)15-5-2-11(3-6-15)17(23)22-18-21-10-14(26-18)9-12-8-13(19)4-7-16(12)20/h2-8,10H,9H2,1H3,(H,21,22,23). The van der Waals surface area contributed by atoms with E-state index in [9.17, 15) is 13.2 Å². The summed E-state index contributed by atoms with van der Waals surface area (Å²) in [5.74, 6) is -0.364. The molecule has 2 aromatic carbocycles. The number of benzene rings is 2. The number of amides is 1. The van der Waals surface area contributed by atoms with Crippen molar-refractivity contribution in [2.45, 2.75) is 11.3 Å². The van der Waals surface area contributed by atoms with Gasteiger partial charge in [0.25, 0.3) is 5.91 Å². The molecular formula is C18H14Cl2N2O3S2. The predicted molar refractivity (Wildman–Crippen MR) is 109 cm³/mol. The molecule has 140 valence electrons. The van der Waals surface area contributed by atoms with Crippen molar-refractivity contribution < 1.29 is 13.2 Å². The summed E-state index contributed by atoms with van der Waals surface area (Å²) in [6.45, 7) is 0. The second kappa shape index (κ2) is 7.98. The number of sulfone groups is 1. The van der Waals surface area contributed by atoms with Gasteiger partial charge in [0.15, 0.2) is 15.0 Å². The molecule has 1 N–H and O–H groups in total. The molecule has 3 rings (SSSR count). The molecule has 1 heterocycles. The van der Waals surface area contributed by atoms with Gasteiger partial charge in [-0.2, -0.15) is 0 Å². The highest BCUT2D eigenvalue weighted by atomic mass is 35.5. The third kappa shape index (κ3) is 5.07. The van der Waals surface area contributed by atoms with Crippen molar-refractivity contribution in [3.05, 3.63) is 74.7 Å². The van der Waals surface area contributed by atoms with Crippen LogP contribution in [0.3, 0.4) is 0 Å². The van der Waals surface area contributed by atoms with Gasteiger partial charge in [-0.15, -0.1) is 11.3 Å². The molecular weight excluding hydrogens is 427 g/mol. The van der Waals surface area contributed by atoms with Gasteiger partial charge in [0.1, 0.15) is 0 Å². The van der Waals surface area contributed by atoms with Crippen molar-refractivity contribution >= 4 is 55.4 Å². The largest absolute Gasteiger partial charge is 0.298 e. The molecule has 0 spiro atoms. The Labute approximate surface area is 170 Å². The molecule has 1 amide bonds. The monoisotopic (exact) mass is 440 g/mol. The maximum absolute atomic E-state index is 12.3. The fourth-order valence-electron chi connectivity index (χ4n) is 2.34. The highest BCUT2D eigenvalue weighted by Crippen LogP contribution is 2.27. The van der Waals surface area contributed by atoms with E-state index in [4.69, 9.17) is 23.2 Å². The molecule has 0 aliphatic heterocycles. The van der Waals surface area contributed by atoms with E-state index in [0.717, 1.165) is 16.7 Å². The van der Waals surface area contributed by atoms with Gasteiger partial charge in [-0.1, -0.05) is 23.2 Å². The van der Waals surface area contributed by atoms with Crippen molar-refractivity contribution in [1.29, 1.82) is 0 Å². The lowest BCUT2D eigenvalue weighted by atomic mass is 10.1. The van der Waals surface area contributed by atoms with E-state index >= 15 is 0 Å². The SMILES string of the molecule is CS(=O)(=O)c1ccc(C(=O)Nc2ncc(Cc3cc(Cl)ccc3Cl)s2)cc1. The van der Waals surface area contributed by atoms with Gasteiger partial charge in [0.05, 0.1) is 4.90 Å². The molecule has 9 heteroatoms. The molecule has 0 unspecified atom stereocenters. The smallest absolute Gasteiger partial charge is 0.257 e. The number of carbonyl (C=O) groups excluding carboxylic acids is 1. The third-order valence-corrected chi connectivity index (χ3v) is 6.34. The summed E-state index contributed by atoms with van der Waals surface area (Å²) in [7, 11) is -3.30. The Kier molecular flexibility index (Phi) is 5.86. The zero-order valence-corrected chi connectivity index (χ0v) is 17.2. The van der Waals surface area contributed by atoms with Crippen LogP contribution in [0, 0.1) is 0 Å². The Morgan fingerprint density at radius 2 is 1.85 bits per heavy atom. The number of nitrogens with zero attached hydrogens (tertiary/aromatic N) is 1. The Morgan fingerprint density at radius 3 is 2.52 bits per heavy atom. The Balaban J connectivity index is 1.70. The van der Waals surface area contributed by atoms with Crippen molar-refractivity contribution in [1.82, 2.24) is 4.98 Å². The molecule has 0 fully saturated rings. The molecule has 0 radical (unpaired) electrons. The number of rotatable bonds is 5. The summed E-state index contributed by atoms with van der Waals surface area (Å²) in [6, 6.07) is 11.0. The first kappa shape index (κ1) is 19.8. The number of thiazole rings is 1.